The number of rotatable bonds is 8. The van der Waals surface area contributed by atoms with Gasteiger partial charge in [0.1, 0.15) is 5.75 Å². The van der Waals surface area contributed by atoms with Gasteiger partial charge in [-0.25, -0.2) is 0 Å². The van der Waals surface area contributed by atoms with Crippen LogP contribution in [-0.2, 0) is 9.59 Å². The highest BCUT2D eigenvalue weighted by molar-refractivity contribution is 5.85. The molecule has 144 valence electrons. The van der Waals surface area contributed by atoms with Gasteiger partial charge in [0.2, 0.25) is 11.8 Å². The zero-order valence-corrected chi connectivity index (χ0v) is 16.3. The summed E-state index contributed by atoms with van der Waals surface area (Å²) in [6.07, 6.45) is 1.93. The zero-order chi connectivity index (χ0) is 19.1. The second-order valence-corrected chi connectivity index (χ2v) is 6.99. The summed E-state index contributed by atoms with van der Waals surface area (Å²) in [5.41, 5.74) is 0.981. The largest absolute Gasteiger partial charge is 0.497 e. The Hall–Kier alpha value is -2.08. The smallest absolute Gasteiger partial charge is 0.225 e. The third kappa shape index (κ3) is 4.97. The Balaban J connectivity index is 2.15. The van der Waals surface area contributed by atoms with Crippen LogP contribution in [0.1, 0.15) is 37.8 Å². The minimum atomic E-state index is -0.222. The number of nitrogens with one attached hydrogen (secondary N) is 1. The van der Waals surface area contributed by atoms with Crippen LogP contribution in [0.15, 0.2) is 24.3 Å². The van der Waals surface area contributed by atoms with Crippen LogP contribution >= 0.6 is 0 Å². The molecule has 1 aliphatic rings. The molecule has 2 atom stereocenters. The van der Waals surface area contributed by atoms with Crippen LogP contribution in [0.4, 0.5) is 0 Å². The third-order valence-corrected chi connectivity index (χ3v) is 4.92. The minimum absolute atomic E-state index is 0.0375. The van der Waals surface area contributed by atoms with E-state index in [0.29, 0.717) is 25.9 Å². The van der Waals surface area contributed by atoms with Gasteiger partial charge in [-0.3, -0.25) is 9.59 Å². The van der Waals surface area contributed by atoms with Crippen LogP contribution in [0, 0.1) is 5.92 Å². The van der Waals surface area contributed by atoms with Crippen molar-refractivity contribution in [1.29, 1.82) is 0 Å². The van der Waals surface area contributed by atoms with Gasteiger partial charge in [-0.05, 0) is 58.1 Å². The predicted octanol–water partition coefficient (Wildman–Crippen LogP) is 2.06. The molecule has 0 aliphatic carbocycles. The van der Waals surface area contributed by atoms with E-state index in [1.807, 2.05) is 50.2 Å². The van der Waals surface area contributed by atoms with Gasteiger partial charge in [0.05, 0.1) is 19.1 Å². The maximum Gasteiger partial charge on any atom is 0.225 e. The Labute approximate surface area is 156 Å². The molecule has 26 heavy (non-hydrogen) atoms. The fourth-order valence-corrected chi connectivity index (χ4v) is 3.55. The fraction of sp³-hybridized carbons (Fsp3) is 0.600. The summed E-state index contributed by atoms with van der Waals surface area (Å²) in [5.74, 6) is 0.699. The van der Waals surface area contributed by atoms with Crippen LogP contribution in [0.3, 0.4) is 0 Å². The van der Waals surface area contributed by atoms with Gasteiger partial charge in [-0.15, -0.1) is 0 Å². The van der Waals surface area contributed by atoms with Crippen molar-refractivity contribution < 1.29 is 14.3 Å². The number of carbonyl (C=O) groups excluding carboxylic acids is 2. The highest BCUT2D eigenvalue weighted by Gasteiger charge is 2.39. The molecule has 1 saturated heterocycles. The van der Waals surface area contributed by atoms with Crippen molar-refractivity contribution in [3.63, 3.8) is 0 Å². The SMILES string of the molecule is CCN1C(=O)CC[C@@H](C(=O)NCCCN(C)C)[C@@H]1c1ccc(OC)cc1. The topological polar surface area (TPSA) is 61.9 Å². The lowest BCUT2D eigenvalue weighted by Crippen LogP contribution is -2.48. The molecule has 0 aromatic heterocycles. The summed E-state index contributed by atoms with van der Waals surface area (Å²) in [5, 5.41) is 3.06. The van der Waals surface area contributed by atoms with Crippen molar-refractivity contribution in [2.45, 2.75) is 32.2 Å². The summed E-state index contributed by atoms with van der Waals surface area (Å²) in [6, 6.07) is 7.46. The number of piperidine rings is 1. The Bertz CT molecular complexity index is 601. The number of methoxy groups -OCH3 is 1. The second-order valence-electron chi connectivity index (χ2n) is 6.99. The van der Waals surface area contributed by atoms with E-state index < -0.39 is 0 Å². The molecule has 0 radical (unpaired) electrons. The molecule has 1 heterocycles. The van der Waals surface area contributed by atoms with Gasteiger partial charge < -0.3 is 19.9 Å². The van der Waals surface area contributed by atoms with Crippen molar-refractivity contribution in [3.8, 4) is 5.75 Å². The Kier molecular flexibility index (Phi) is 7.45. The molecular formula is C20H31N3O3. The maximum atomic E-state index is 12.8. The molecule has 2 amide bonds. The molecule has 0 unspecified atom stereocenters. The first-order chi connectivity index (χ1) is 12.5. The lowest BCUT2D eigenvalue weighted by atomic mass is 9.83. The predicted molar refractivity (Wildman–Crippen MR) is 102 cm³/mol. The number of amides is 2. The average Bonchev–Trinajstić information content (AvgIpc) is 2.64. The molecule has 1 N–H and O–H groups in total. The summed E-state index contributed by atoms with van der Waals surface area (Å²) >= 11 is 0. The first kappa shape index (κ1) is 20.2. The normalized spacial score (nSPS) is 20.3. The van der Waals surface area contributed by atoms with Gasteiger partial charge in [-0.2, -0.15) is 0 Å². The molecule has 1 aromatic rings. The number of nitrogens with zero attached hydrogens (tertiary/aromatic N) is 2. The molecule has 1 aromatic carbocycles. The van der Waals surface area contributed by atoms with E-state index in [0.717, 1.165) is 24.3 Å². The van der Waals surface area contributed by atoms with E-state index >= 15 is 0 Å². The lowest BCUT2D eigenvalue weighted by Gasteiger charge is -2.40. The number of ether oxygens (including phenoxy) is 1. The van der Waals surface area contributed by atoms with Crippen LogP contribution in [0.5, 0.6) is 5.75 Å². The minimum Gasteiger partial charge on any atom is -0.497 e. The van der Waals surface area contributed by atoms with Crippen LogP contribution < -0.4 is 10.1 Å². The van der Waals surface area contributed by atoms with Gasteiger partial charge in [-0.1, -0.05) is 12.1 Å². The molecule has 0 saturated carbocycles. The van der Waals surface area contributed by atoms with Crippen LogP contribution in [0.25, 0.3) is 0 Å². The summed E-state index contributed by atoms with van der Waals surface area (Å²) in [6.45, 7) is 4.15. The molecule has 6 nitrogen and oxygen atoms in total. The monoisotopic (exact) mass is 361 g/mol. The first-order valence-corrected chi connectivity index (χ1v) is 9.33. The Morgan fingerprint density at radius 3 is 2.58 bits per heavy atom. The summed E-state index contributed by atoms with van der Waals surface area (Å²) in [7, 11) is 5.67. The number of benzene rings is 1. The first-order valence-electron chi connectivity index (χ1n) is 9.33. The van der Waals surface area contributed by atoms with E-state index in [9.17, 15) is 9.59 Å². The van der Waals surface area contributed by atoms with Crippen LogP contribution in [-0.4, -0.2) is 62.5 Å². The van der Waals surface area contributed by atoms with Crippen molar-refractivity contribution in [2.75, 3.05) is 40.8 Å². The van der Waals surface area contributed by atoms with Gasteiger partial charge in [0.25, 0.3) is 0 Å². The van der Waals surface area contributed by atoms with E-state index in [-0.39, 0.29) is 23.8 Å². The second kappa shape index (κ2) is 9.57. The van der Waals surface area contributed by atoms with Gasteiger partial charge in [0.15, 0.2) is 0 Å². The molecule has 0 spiro atoms. The van der Waals surface area contributed by atoms with Crippen molar-refractivity contribution in [2.24, 2.45) is 5.92 Å². The molecule has 6 heteroatoms. The Morgan fingerprint density at radius 2 is 2.00 bits per heavy atom. The molecule has 2 rings (SSSR count). The van der Waals surface area contributed by atoms with Gasteiger partial charge >= 0.3 is 0 Å². The molecule has 0 bridgehead atoms. The van der Waals surface area contributed by atoms with Gasteiger partial charge in [0, 0.05) is 19.5 Å². The van der Waals surface area contributed by atoms with Crippen LogP contribution in [0.2, 0.25) is 0 Å². The summed E-state index contributed by atoms with van der Waals surface area (Å²) < 4.78 is 5.23. The number of likely N-dealkylation sites (tertiary alicyclic amines) is 1. The fourth-order valence-electron chi connectivity index (χ4n) is 3.55. The maximum absolute atomic E-state index is 12.8. The number of hydrogen-bond donors (Lipinski definition) is 1. The molecule has 1 fully saturated rings. The molecule has 1 aliphatic heterocycles. The van der Waals surface area contributed by atoms with E-state index in [2.05, 4.69) is 10.2 Å². The highest BCUT2D eigenvalue weighted by atomic mass is 16.5. The Morgan fingerprint density at radius 1 is 1.31 bits per heavy atom. The zero-order valence-electron chi connectivity index (χ0n) is 16.3. The van der Waals surface area contributed by atoms with Crippen molar-refractivity contribution in [3.05, 3.63) is 29.8 Å². The van der Waals surface area contributed by atoms with E-state index in [1.165, 1.54) is 0 Å². The number of hydrogen-bond acceptors (Lipinski definition) is 4. The van der Waals surface area contributed by atoms with Crippen molar-refractivity contribution in [1.82, 2.24) is 15.1 Å². The summed E-state index contributed by atoms with van der Waals surface area (Å²) in [4.78, 5) is 29.2. The molecular weight excluding hydrogens is 330 g/mol. The number of carbonyl (C=O) groups is 2. The standard InChI is InChI=1S/C20H31N3O3/c1-5-23-18(24)12-11-17(20(25)21-13-6-14-22(2)3)19(23)15-7-9-16(26-4)10-8-15/h7-10,17,19H,5-6,11-14H2,1-4H3,(H,21,25)/t17-,19+/m1/s1. The lowest BCUT2D eigenvalue weighted by molar-refractivity contribution is -0.143. The quantitative estimate of drug-likeness (QED) is 0.720. The van der Waals surface area contributed by atoms with E-state index in [1.54, 1.807) is 7.11 Å². The van der Waals surface area contributed by atoms with Crippen molar-refractivity contribution >= 4 is 11.8 Å². The third-order valence-electron chi connectivity index (χ3n) is 4.92. The van der Waals surface area contributed by atoms with E-state index in [4.69, 9.17) is 4.74 Å². The average molecular weight is 361 g/mol. The highest BCUT2D eigenvalue weighted by Crippen LogP contribution is 2.37.